The van der Waals surface area contributed by atoms with Crippen LogP contribution >= 0.6 is 24.2 Å². The van der Waals surface area contributed by atoms with Crippen LogP contribution in [0.2, 0.25) is 0 Å². The van der Waals surface area contributed by atoms with Gasteiger partial charge in [-0.05, 0) is 12.1 Å². The van der Waals surface area contributed by atoms with Crippen molar-refractivity contribution in [1.29, 1.82) is 0 Å². The molecule has 2 N–H and O–H groups in total. The van der Waals surface area contributed by atoms with Crippen molar-refractivity contribution in [3.63, 3.8) is 0 Å². The van der Waals surface area contributed by atoms with Gasteiger partial charge in [-0.1, -0.05) is 0 Å². The van der Waals surface area contributed by atoms with Gasteiger partial charge < -0.3 is 10.1 Å². The summed E-state index contributed by atoms with van der Waals surface area (Å²) in [6.45, 7) is 0.409. The van der Waals surface area contributed by atoms with Crippen LogP contribution in [0.15, 0.2) is 18.2 Å². The van der Waals surface area contributed by atoms with E-state index in [1.54, 1.807) is 11.8 Å². The SMILES string of the molecule is Cl.O=C(NCCOc1ccc(F)cc1F)C1CSCN1. The van der Waals surface area contributed by atoms with Crippen molar-refractivity contribution < 1.29 is 18.3 Å². The van der Waals surface area contributed by atoms with Crippen molar-refractivity contribution in [2.45, 2.75) is 6.04 Å². The topological polar surface area (TPSA) is 50.4 Å². The van der Waals surface area contributed by atoms with Crippen LogP contribution in [0.1, 0.15) is 0 Å². The third-order valence-electron chi connectivity index (χ3n) is 2.59. The summed E-state index contributed by atoms with van der Waals surface area (Å²) in [4.78, 5) is 11.6. The Morgan fingerprint density at radius 1 is 1.50 bits per heavy atom. The van der Waals surface area contributed by atoms with Gasteiger partial charge in [-0.2, -0.15) is 0 Å². The predicted molar refractivity (Wildman–Crippen MR) is 76.4 cm³/mol. The van der Waals surface area contributed by atoms with Crippen molar-refractivity contribution in [1.82, 2.24) is 10.6 Å². The lowest BCUT2D eigenvalue weighted by molar-refractivity contribution is -0.122. The lowest BCUT2D eigenvalue weighted by Crippen LogP contribution is -2.43. The first kappa shape index (κ1) is 17.0. The number of benzene rings is 1. The minimum Gasteiger partial charge on any atom is -0.489 e. The molecule has 0 aliphatic carbocycles. The Morgan fingerprint density at radius 3 is 2.95 bits per heavy atom. The van der Waals surface area contributed by atoms with Gasteiger partial charge in [0.05, 0.1) is 12.6 Å². The molecule has 0 spiro atoms. The zero-order valence-corrected chi connectivity index (χ0v) is 12.2. The monoisotopic (exact) mass is 324 g/mol. The molecule has 8 heteroatoms. The minimum atomic E-state index is -0.750. The molecule has 1 atom stereocenters. The highest BCUT2D eigenvalue weighted by Gasteiger charge is 2.21. The zero-order chi connectivity index (χ0) is 13.7. The Balaban J connectivity index is 0.00000200. The lowest BCUT2D eigenvalue weighted by Gasteiger charge is -2.11. The molecule has 112 valence electrons. The maximum absolute atomic E-state index is 13.2. The molecule has 1 amide bonds. The molecule has 0 saturated carbocycles. The maximum Gasteiger partial charge on any atom is 0.238 e. The van der Waals surface area contributed by atoms with Gasteiger partial charge in [0.2, 0.25) is 5.91 Å². The number of hydrogen-bond donors (Lipinski definition) is 2. The first-order chi connectivity index (χ1) is 9.16. The number of nitrogens with one attached hydrogen (secondary N) is 2. The molecule has 1 aliphatic rings. The molecule has 1 heterocycles. The third kappa shape index (κ3) is 4.81. The van der Waals surface area contributed by atoms with E-state index in [1.165, 1.54) is 6.07 Å². The quantitative estimate of drug-likeness (QED) is 0.807. The van der Waals surface area contributed by atoms with E-state index in [-0.39, 0.29) is 43.3 Å². The van der Waals surface area contributed by atoms with Crippen LogP contribution in [0.25, 0.3) is 0 Å². The Labute approximate surface area is 126 Å². The van der Waals surface area contributed by atoms with Gasteiger partial charge in [0.25, 0.3) is 0 Å². The van der Waals surface area contributed by atoms with Crippen molar-refractivity contribution in [2.75, 3.05) is 24.8 Å². The van der Waals surface area contributed by atoms with Gasteiger partial charge in [-0.25, -0.2) is 8.78 Å². The van der Waals surface area contributed by atoms with E-state index in [4.69, 9.17) is 4.74 Å². The van der Waals surface area contributed by atoms with E-state index in [2.05, 4.69) is 10.6 Å². The molecule has 2 rings (SSSR count). The highest BCUT2D eigenvalue weighted by atomic mass is 35.5. The van der Waals surface area contributed by atoms with Crippen LogP contribution in [-0.4, -0.2) is 36.7 Å². The molecule has 1 unspecified atom stereocenters. The molecule has 1 fully saturated rings. The van der Waals surface area contributed by atoms with Gasteiger partial charge in [0.15, 0.2) is 11.6 Å². The first-order valence-corrected chi connectivity index (χ1v) is 6.99. The van der Waals surface area contributed by atoms with Gasteiger partial charge in [0.1, 0.15) is 12.4 Å². The fraction of sp³-hybridized carbons (Fsp3) is 0.417. The number of amides is 1. The summed E-state index contributed by atoms with van der Waals surface area (Å²) in [7, 11) is 0. The fourth-order valence-electron chi connectivity index (χ4n) is 1.61. The van der Waals surface area contributed by atoms with Crippen molar-refractivity contribution >= 4 is 30.1 Å². The number of rotatable bonds is 5. The smallest absolute Gasteiger partial charge is 0.238 e. The van der Waals surface area contributed by atoms with Crippen LogP contribution in [-0.2, 0) is 4.79 Å². The summed E-state index contributed by atoms with van der Waals surface area (Å²) in [6.07, 6.45) is 0. The average Bonchev–Trinajstić information content (AvgIpc) is 2.90. The Kier molecular flexibility index (Phi) is 7.04. The number of carbonyl (C=O) groups excluding carboxylic acids is 1. The van der Waals surface area contributed by atoms with Gasteiger partial charge in [0, 0.05) is 17.7 Å². The molecule has 1 saturated heterocycles. The molecule has 4 nitrogen and oxygen atoms in total. The van der Waals surface area contributed by atoms with Crippen molar-refractivity contribution in [3.05, 3.63) is 29.8 Å². The van der Waals surface area contributed by atoms with Crippen LogP contribution in [0.3, 0.4) is 0 Å². The first-order valence-electron chi connectivity index (χ1n) is 5.83. The lowest BCUT2D eigenvalue weighted by atomic mass is 10.3. The number of carbonyl (C=O) groups is 1. The Hall–Kier alpha value is -1.05. The number of thioether (sulfide) groups is 1. The fourth-order valence-corrected chi connectivity index (χ4v) is 2.56. The van der Waals surface area contributed by atoms with Crippen LogP contribution in [0, 0.1) is 11.6 Å². The second kappa shape index (κ2) is 8.28. The van der Waals surface area contributed by atoms with Crippen molar-refractivity contribution in [3.8, 4) is 5.75 Å². The number of ether oxygens (including phenoxy) is 1. The molecule has 1 aromatic carbocycles. The molecular formula is C12H15ClF2N2O2S. The minimum absolute atomic E-state index is 0. The van der Waals surface area contributed by atoms with Gasteiger partial charge in [-0.15, -0.1) is 24.2 Å². The standard InChI is InChI=1S/C12H14F2N2O2S.ClH/c13-8-1-2-11(9(14)5-8)18-4-3-15-12(17)10-6-19-7-16-10;/h1-2,5,10,16H,3-4,6-7H2,(H,15,17);1H. The van der Waals surface area contributed by atoms with E-state index in [0.29, 0.717) is 0 Å². The van der Waals surface area contributed by atoms with Gasteiger partial charge >= 0.3 is 0 Å². The zero-order valence-electron chi connectivity index (χ0n) is 10.5. The summed E-state index contributed by atoms with van der Waals surface area (Å²) in [6, 6.07) is 2.93. The molecular weight excluding hydrogens is 310 g/mol. The largest absolute Gasteiger partial charge is 0.489 e. The Bertz CT molecular complexity index is 459. The van der Waals surface area contributed by atoms with Gasteiger partial charge in [-0.3, -0.25) is 10.1 Å². The molecule has 20 heavy (non-hydrogen) atoms. The summed E-state index contributed by atoms with van der Waals surface area (Å²) in [5.41, 5.74) is 0. The van der Waals surface area contributed by atoms with Crippen LogP contribution in [0.4, 0.5) is 8.78 Å². The summed E-state index contributed by atoms with van der Waals surface area (Å²) in [5, 5.41) is 5.73. The average molecular weight is 325 g/mol. The van der Waals surface area contributed by atoms with Crippen LogP contribution in [0.5, 0.6) is 5.75 Å². The number of hydrogen-bond acceptors (Lipinski definition) is 4. The number of halogens is 3. The summed E-state index contributed by atoms with van der Waals surface area (Å²) < 4.78 is 31.0. The van der Waals surface area contributed by atoms with E-state index < -0.39 is 11.6 Å². The molecule has 0 radical (unpaired) electrons. The second-order valence-electron chi connectivity index (χ2n) is 3.99. The highest BCUT2D eigenvalue weighted by Crippen LogP contribution is 2.17. The molecule has 0 aromatic heterocycles. The second-order valence-corrected chi connectivity index (χ2v) is 5.02. The Morgan fingerprint density at radius 2 is 2.30 bits per heavy atom. The summed E-state index contributed by atoms with van der Waals surface area (Å²) >= 11 is 1.66. The predicted octanol–water partition coefficient (Wildman–Crippen LogP) is 1.54. The molecule has 1 aromatic rings. The molecule has 0 bridgehead atoms. The van der Waals surface area contributed by atoms with E-state index in [0.717, 1.165) is 23.8 Å². The van der Waals surface area contributed by atoms with Crippen molar-refractivity contribution in [2.24, 2.45) is 0 Å². The van der Waals surface area contributed by atoms with E-state index in [9.17, 15) is 13.6 Å². The summed E-state index contributed by atoms with van der Waals surface area (Å²) in [5.74, 6) is 0.01000. The van der Waals surface area contributed by atoms with E-state index >= 15 is 0 Å². The van der Waals surface area contributed by atoms with Crippen LogP contribution < -0.4 is 15.4 Å². The van der Waals surface area contributed by atoms with E-state index in [1.807, 2.05) is 0 Å². The highest BCUT2D eigenvalue weighted by molar-refractivity contribution is 7.99. The molecule has 1 aliphatic heterocycles. The third-order valence-corrected chi connectivity index (χ3v) is 3.53. The maximum atomic E-state index is 13.2. The normalized spacial score (nSPS) is 17.4.